The van der Waals surface area contributed by atoms with Gasteiger partial charge in [-0.15, -0.1) is 12.4 Å². The molecule has 1 atom stereocenters. The summed E-state index contributed by atoms with van der Waals surface area (Å²) in [4.78, 5) is 0. The fourth-order valence-corrected chi connectivity index (χ4v) is 2.01. The van der Waals surface area contributed by atoms with Crippen molar-refractivity contribution in [2.45, 2.75) is 19.4 Å². The Labute approximate surface area is 114 Å². The maximum atomic E-state index is 5.74. The quantitative estimate of drug-likeness (QED) is 0.851. The maximum Gasteiger partial charge on any atom is 0.157 e. The molecular formula is C12H22ClN3O2. The van der Waals surface area contributed by atoms with Crippen LogP contribution in [-0.4, -0.2) is 43.2 Å². The van der Waals surface area contributed by atoms with Crippen molar-refractivity contribution in [2.24, 2.45) is 5.92 Å². The molecule has 5 nitrogen and oxygen atoms in total. The predicted molar refractivity (Wildman–Crippen MR) is 72.4 cm³/mol. The van der Waals surface area contributed by atoms with Gasteiger partial charge in [0.1, 0.15) is 0 Å². The largest absolute Gasteiger partial charge is 0.490 e. The Balaban J connectivity index is 0.00000162. The van der Waals surface area contributed by atoms with Crippen LogP contribution < -0.4 is 10.1 Å². The SMILES string of the molecule is COCCn1cc(OCC2CCCNC2)cn1.Cl. The second-order valence-electron chi connectivity index (χ2n) is 4.46. The Bertz CT molecular complexity index is 327. The summed E-state index contributed by atoms with van der Waals surface area (Å²) in [5.41, 5.74) is 0. The summed E-state index contributed by atoms with van der Waals surface area (Å²) >= 11 is 0. The summed E-state index contributed by atoms with van der Waals surface area (Å²) in [5, 5.41) is 7.60. The lowest BCUT2D eigenvalue weighted by molar-refractivity contribution is 0.183. The van der Waals surface area contributed by atoms with Gasteiger partial charge in [0.25, 0.3) is 0 Å². The highest BCUT2D eigenvalue weighted by atomic mass is 35.5. The summed E-state index contributed by atoms with van der Waals surface area (Å²) in [7, 11) is 1.69. The normalized spacial score (nSPS) is 19.3. The van der Waals surface area contributed by atoms with Crippen LogP contribution in [-0.2, 0) is 11.3 Å². The molecule has 0 aliphatic carbocycles. The zero-order chi connectivity index (χ0) is 11.9. The number of aromatic nitrogens is 2. The van der Waals surface area contributed by atoms with Gasteiger partial charge in [-0.1, -0.05) is 0 Å². The van der Waals surface area contributed by atoms with Crippen LogP contribution in [0.5, 0.6) is 5.75 Å². The fourth-order valence-electron chi connectivity index (χ4n) is 2.01. The molecule has 0 amide bonds. The van der Waals surface area contributed by atoms with E-state index in [2.05, 4.69) is 10.4 Å². The van der Waals surface area contributed by atoms with E-state index in [1.54, 1.807) is 13.3 Å². The number of piperidine rings is 1. The molecule has 0 spiro atoms. The smallest absolute Gasteiger partial charge is 0.157 e. The van der Waals surface area contributed by atoms with Crippen LogP contribution in [0.15, 0.2) is 12.4 Å². The molecule has 1 aliphatic heterocycles. The van der Waals surface area contributed by atoms with Crippen molar-refractivity contribution < 1.29 is 9.47 Å². The minimum atomic E-state index is 0. The molecule has 0 saturated carbocycles. The number of halogens is 1. The Kier molecular flexibility index (Phi) is 7.08. The Morgan fingerprint density at radius 2 is 2.44 bits per heavy atom. The molecular weight excluding hydrogens is 254 g/mol. The molecule has 104 valence electrons. The number of rotatable bonds is 6. The summed E-state index contributed by atoms with van der Waals surface area (Å²) in [5.74, 6) is 1.48. The topological polar surface area (TPSA) is 48.3 Å². The molecule has 2 heterocycles. The Hall–Kier alpha value is -0.780. The number of methoxy groups -OCH3 is 1. The molecule has 1 aliphatic rings. The van der Waals surface area contributed by atoms with Crippen molar-refractivity contribution in [3.8, 4) is 5.75 Å². The minimum absolute atomic E-state index is 0. The lowest BCUT2D eigenvalue weighted by Crippen LogP contribution is -2.32. The van der Waals surface area contributed by atoms with E-state index in [9.17, 15) is 0 Å². The number of hydrogen-bond donors (Lipinski definition) is 1. The van der Waals surface area contributed by atoms with Crippen molar-refractivity contribution in [1.29, 1.82) is 0 Å². The van der Waals surface area contributed by atoms with Gasteiger partial charge >= 0.3 is 0 Å². The first kappa shape index (κ1) is 15.3. The molecule has 1 aromatic rings. The second kappa shape index (κ2) is 8.34. The van der Waals surface area contributed by atoms with Gasteiger partial charge in [-0.05, 0) is 19.4 Å². The zero-order valence-corrected chi connectivity index (χ0v) is 11.6. The monoisotopic (exact) mass is 275 g/mol. The zero-order valence-electron chi connectivity index (χ0n) is 10.8. The van der Waals surface area contributed by atoms with Crippen LogP contribution in [0.1, 0.15) is 12.8 Å². The van der Waals surface area contributed by atoms with Gasteiger partial charge < -0.3 is 14.8 Å². The van der Waals surface area contributed by atoms with Gasteiger partial charge in [0, 0.05) is 19.6 Å². The van der Waals surface area contributed by atoms with Crippen LogP contribution in [0.4, 0.5) is 0 Å². The molecule has 0 aromatic carbocycles. The van der Waals surface area contributed by atoms with Gasteiger partial charge in [0.05, 0.1) is 32.2 Å². The van der Waals surface area contributed by atoms with Crippen LogP contribution >= 0.6 is 12.4 Å². The van der Waals surface area contributed by atoms with Crippen molar-refractivity contribution in [2.75, 3.05) is 33.4 Å². The van der Waals surface area contributed by atoms with E-state index in [0.29, 0.717) is 12.5 Å². The standard InChI is InChI=1S/C12H21N3O2.ClH/c1-16-6-5-15-9-12(8-14-15)17-10-11-3-2-4-13-7-11;/h8-9,11,13H,2-7,10H2,1H3;1H. The van der Waals surface area contributed by atoms with Crippen LogP contribution in [0.25, 0.3) is 0 Å². The predicted octanol–water partition coefficient (Wildman–Crippen LogP) is 1.33. The summed E-state index contributed by atoms with van der Waals surface area (Å²) in [6.45, 7) is 4.44. The number of hydrogen-bond acceptors (Lipinski definition) is 4. The number of nitrogens with zero attached hydrogens (tertiary/aromatic N) is 2. The van der Waals surface area contributed by atoms with Gasteiger partial charge in [-0.2, -0.15) is 5.10 Å². The first-order valence-corrected chi connectivity index (χ1v) is 6.23. The van der Waals surface area contributed by atoms with Gasteiger partial charge in [-0.25, -0.2) is 0 Å². The fraction of sp³-hybridized carbons (Fsp3) is 0.750. The van der Waals surface area contributed by atoms with E-state index < -0.39 is 0 Å². The van der Waals surface area contributed by atoms with Crippen LogP contribution in [0, 0.1) is 5.92 Å². The lowest BCUT2D eigenvalue weighted by Gasteiger charge is -2.22. The molecule has 0 radical (unpaired) electrons. The van der Waals surface area contributed by atoms with E-state index in [1.165, 1.54) is 12.8 Å². The average Bonchev–Trinajstić information content (AvgIpc) is 2.83. The third-order valence-corrected chi connectivity index (χ3v) is 3.02. The first-order chi connectivity index (χ1) is 8.38. The molecule has 1 saturated heterocycles. The average molecular weight is 276 g/mol. The lowest BCUT2D eigenvalue weighted by atomic mass is 10.0. The van der Waals surface area contributed by atoms with Crippen molar-refractivity contribution in [1.82, 2.24) is 15.1 Å². The molecule has 2 rings (SSSR count). The third kappa shape index (κ3) is 4.84. The Morgan fingerprint density at radius 3 is 3.17 bits per heavy atom. The molecule has 6 heteroatoms. The molecule has 1 fully saturated rings. The van der Waals surface area contributed by atoms with E-state index >= 15 is 0 Å². The van der Waals surface area contributed by atoms with E-state index in [0.717, 1.165) is 32.0 Å². The van der Waals surface area contributed by atoms with E-state index in [-0.39, 0.29) is 12.4 Å². The van der Waals surface area contributed by atoms with Crippen LogP contribution in [0.3, 0.4) is 0 Å². The summed E-state index contributed by atoms with van der Waals surface area (Å²) in [6.07, 6.45) is 6.20. The van der Waals surface area contributed by atoms with Crippen molar-refractivity contribution >= 4 is 12.4 Å². The van der Waals surface area contributed by atoms with Gasteiger partial charge in [0.2, 0.25) is 0 Å². The molecule has 1 aromatic heterocycles. The number of nitrogens with one attached hydrogen (secondary N) is 1. The molecule has 18 heavy (non-hydrogen) atoms. The highest BCUT2D eigenvalue weighted by molar-refractivity contribution is 5.85. The molecule has 0 bridgehead atoms. The van der Waals surface area contributed by atoms with Crippen molar-refractivity contribution in [3.63, 3.8) is 0 Å². The highest BCUT2D eigenvalue weighted by Gasteiger charge is 2.13. The maximum absolute atomic E-state index is 5.74. The first-order valence-electron chi connectivity index (χ1n) is 6.23. The molecule has 1 N–H and O–H groups in total. The highest BCUT2D eigenvalue weighted by Crippen LogP contribution is 2.14. The van der Waals surface area contributed by atoms with Gasteiger partial charge in [0.15, 0.2) is 5.75 Å². The Morgan fingerprint density at radius 1 is 1.56 bits per heavy atom. The number of ether oxygens (including phenoxy) is 2. The minimum Gasteiger partial charge on any atom is -0.490 e. The second-order valence-corrected chi connectivity index (χ2v) is 4.46. The van der Waals surface area contributed by atoms with Gasteiger partial charge in [-0.3, -0.25) is 4.68 Å². The van der Waals surface area contributed by atoms with E-state index in [1.807, 2.05) is 10.9 Å². The van der Waals surface area contributed by atoms with Crippen LogP contribution in [0.2, 0.25) is 0 Å². The van der Waals surface area contributed by atoms with E-state index in [4.69, 9.17) is 9.47 Å². The summed E-state index contributed by atoms with van der Waals surface area (Å²) in [6, 6.07) is 0. The third-order valence-electron chi connectivity index (χ3n) is 3.02. The van der Waals surface area contributed by atoms with Crippen molar-refractivity contribution in [3.05, 3.63) is 12.4 Å². The molecule has 1 unspecified atom stereocenters. The summed E-state index contributed by atoms with van der Waals surface area (Å²) < 4.78 is 12.6.